The zero-order chi connectivity index (χ0) is 20.6. The first kappa shape index (κ1) is 20.4. The molecule has 2 amide bonds. The van der Waals surface area contributed by atoms with E-state index in [0.717, 1.165) is 5.56 Å². The Morgan fingerprint density at radius 1 is 0.966 bits per heavy atom. The molecule has 0 saturated heterocycles. The molecule has 148 valence electrons. The molecule has 0 aromatic heterocycles. The molecule has 1 atom stereocenters. The summed E-state index contributed by atoms with van der Waals surface area (Å²) in [6, 6.07) is 23.3. The number of hydrogen-bond acceptors (Lipinski definition) is 3. The molecular weight excluding hydrogens is 388 g/mol. The number of halogens is 1. The molecule has 5 nitrogen and oxygen atoms in total. The van der Waals surface area contributed by atoms with E-state index in [-0.39, 0.29) is 11.8 Å². The summed E-state index contributed by atoms with van der Waals surface area (Å²) < 4.78 is 5.64. The summed E-state index contributed by atoms with van der Waals surface area (Å²) in [5.74, 6) is -0.143. The van der Waals surface area contributed by atoms with Crippen LogP contribution in [0.3, 0.4) is 0 Å². The minimum atomic E-state index is -0.770. The average molecular weight is 409 g/mol. The van der Waals surface area contributed by atoms with E-state index < -0.39 is 6.10 Å². The zero-order valence-corrected chi connectivity index (χ0v) is 16.6. The van der Waals surface area contributed by atoms with Crippen molar-refractivity contribution in [1.29, 1.82) is 0 Å². The number of anilines is 1. The second kappa shape index (κ2) is 9.75. The highest BCUT2D eigenvalue weighted by atomic mass is 35.5. The lowest BCUT2D eigenvalue weighted by molar-refractivity contribution is -0.122. The quantitative estimate of drug-likeness (QED) is 0.596. The van der Waals surface area contributed by atoms with Crippen LogP contribution in [0.2, 0.25) is 5.02 Å². The molecule has 0 aliphatic rings. The number of hydrogen-bond donors (Lipinski definition) is 2. The molecule has 0 fully saturated rings. The minimum Gasteiger partial charge on any atom is -0.481 e. The fourth-order valence-corrected chi connectivity index (χ4v) is 2.88. The summed E-state index contributed by atoms with van der Waals surface area (Å²) >= 11 is 5.94. The van der Waals surface area contributed by atoms with E-state index in [4.69, 9.17) is 16.3 Å². The van der Waals surface area contributed by atoms with Gasteiger partial charge in [0.15, 0.2) is 6.10 Å². The van der Waals surface area contributed by atoms with Gasteiger partial charge in [0.05, 0.1) is 11.3 Å². The second-order valence-electron chi connectivity index (χ2n) is 6.42. The lowest BCUT2D eigenvalue weighted by Crippen LogP contribution is -2.31. The van der Waals surface area contributed by atoms with E-state index in [1.165, 1.54) is 0 Å². The third kappa shape index (κ3) is 5.83. The average Bonchev–Trinajstić information content (AvgIpc) is 2.73. The topological polar surface area (TPSA) is 67.4 Å². The fraction of sp³-hybridized carbons (Fsp3) is 0.130. The molecular formula is C23H21ClN2O3. The summed E-state index contributed by atoms with van der Waals surface area (Å²) in [4.78, 5) is 25.2. The lowest BCUT2D eigenvalue weighted by Gasteiger charge is -2.16. The van der Waals surface area contributed by atoms with Crippen molar-refractivity contribution in [2.75, 3.05) is 5.32 Å². The molecule has 6 heteroatoms. The summed E-state index contributed by atoms with van der Waals surface area (Å²) in [5, 5.41) is 6.16. The molecule has 3 aromatic rings. The summed E-state index contributed by atoms with van der Waals surface area (Å²) in [6.45, 7) is 2.03. The van der Waals surface area contributed by atoms with E-state index in [1.807, 2.05) is 30.3 Å². The van der Waals surface area contributed by atoms with Gasteiger partial charge in [-0.2, -0.15) is 0 Å². The largest absolute Gasteiger partial charge is 0.481 e. The van der Waals surface area contributed by atoms with E-state index >= 15 is 0 Å². The minimum absolute atomic E-state index is 0.270. The maximum Gasteiger partial charge on any atom is 0.265 e. The van der Waals surface area contributed by atoms with Crippen molar-refractivity contribution in [2.24, 2.45) is 0 Å². The van der Waals surface area contributed by atoms with Crippen molar-refractivity contribution in [3.8, 4) is 5.75 Å². The molecule has 29 heavy (non-hydrogen) atoms. The number of rotatable bonds is 7. The third-order valence-electron chi connectivity index (χ3n) is 4.20. The summed E-state index contributed by atoms with van der Waals surface area (Å²) in [7, 11) is 0. The first-order chi connectivity index (χ1) is 14.0. The third-order valence-corrected chi connectivity index (χ3v) is 4.44. The van der Waals surface area contributed by atoms with Crippen molar-refractivity contribution < 1.29 is 14.3 Å². The van der Waals surface area contributed by atoms with Crippen LogP contribution in [-0.2, 0) is 11.3 Å². The lowest BCUT2D eigenvalue weighted by atomic mass is 10.1. The summed E-state index contributed by atoms with van der Waals surface area (Å²) in [6.07, 6.45) is -0.770. The standard InChI is InChI=1S/C23H21ClN2O3/c1-16(29-19-11-7-10-18(24)14-19)22(27)26-21-13-6-5-12-20(21)23(28)25-15-17-8-3-2-4-9-17/h2-14,16H,15H2,1H3,(H,25,28)(H,26,27)/t16-/m1/s1. The van der Waals surface area contributed by atoms with Gasteiger partial charge in [-0.3, -0.25) is 9.59 Å². The highest BCUT2D eigenvalue weighted by Gasteiger charge is 2.18. The molecule has 0 radical (unpaired) electrons. The van der Waals surface area contributed by atoms with E-state index in [0.29, 0.717) is 28.6 Å². The van der Waals surface area contributed by atoms with Gasteiger partial charge in [-0.1, -0.05) is 60.1 Å². The normalized spacial score (nSPS) is 11.4. The number of carbonyl (C=O) groups excluding carboxylic acids is 2. The fourth-order valence-electron chi connectivity index (χ4n) is 2.70. The highest BCUT2D eigenvalue weighted by molar-refractivity contribution is 6.30. The number of carbonyl (C=O) groups is 2. The van der Waals surface area contributed by atoms with E-state index in [1.54, 1.807) is 55.5 Å². The number of para-hydroxylation sites is 1. The maximum absolute atomic E-state index is 12.6. The summed E-state index contributed by atoms with van der Waals surface area (Å²) in [5.41, 5.74) is 1.79. The second-order valence-corrected chi connectivity index (χ2v) is 6.86. The first-order valence-electron chi connectivity index (χ1n) is 9.17. The van der Waals surface area contributed by atoms with Crippen LogP contribution in [0.4, 0.5) is 5.69 Å². The zero-order valence-electron chi connectivity index (χ0n) is 15.9. The number of benzene rings is 3. The molecule has 3 aromatic carbocycles. The van der Waals surface area contributed by atoms with Crippen LogP contribution in [0.25, 0.3) is 0 Å². The Labute approximate surface area is 174 Å². The monoisotopic (exact) mass is 408 g/mol. The highest BCUT2D eigenvalue weighted by Crippen LogP contribution is 2.20. The van der Waals surface area contributed by atoms with Gasteiger partial charge in [0.25, 0.3) is 11.8 Å². The Morgan fingerprint density at radius 3 is 2.45 bits per heavy atom. The van der Waals surface area contributed by atoms with Crippen LogP contribution in [0.1, 0.15) is 22.8 Å². The van der Waals surface area contributed by atoms with Gasteiger partial charge in [0, 0.05) is 11.6 Å². The van der Waals surface area contributed by atoms with Crippen LogP contribution in [0, 0.1) is 0 Å². The van der Waals surface area contributed by atoms with E-state index in [9.17, 15) is 9.59 Å². The number of ether oxygens (including phenoxy) is 1. The number of amides is 2. The molecule has 0 saturated carbocycles. The predicted octanol–water partition coefficient (Wildman–Crippen LogP) is 4.68. The van der Waals surface area contributed by atoms with Crippen molar-refractivity contribution in [2.45, 2.75) is 19.6 Å². The Morgan fingerprint density at radius 2 is 1.69 bits per heavy atom. The molecule has 0 aliphatic carbocycles. The molecule has 0 spiro atoms. The molecule has 0 bridgehead atoms. The van der Waals surface area contributed by atoms with Crippen LogP contribution < -0.4 is 15.4 Å². The number of nitrogens with one attached hydrogen (secondary N) is 2. The molecule has 3 rings (SSSR count). The van der Waals surface area contributed by atoms with Gasteiger partial charge in [0.1, 0.15) is 5.75 Å². The van der Waals surface area contributed by atoms with Gasteiger partial charge in [-0.05, 0) is 42.8 Å². The molecule has 2 N–H and O–H groups in total. The molecule has 0 unspecified atom stereocenters. The van der Waals surface area contributed by atoms with E-state index in [2.05, 4.69) is 10.6 Å². The van der Waals surface area contributed by atoms with Crippen LogP contribution in [-0.4, -0.2) is 17.9 Å². The van der Waals surface area contributed by atoms with Gasteiger partial charge in [-0.15, -0.1) is 0 Å². The Balaban J connectivity index is 1.64. The Hall–Kier alpha value is -3.31. The van der Waals surface area contributed by atoms with Crippen molar-refractivity contribution in [3.63, 3.8) is 0 Å². The van der Waals surface area contributed by atoms with Gasteiger partial charge in [0.2, 0.25) is 0 Å². The predicted molar refractivity (Wildman–Crippen MR) is 114 cm³/mol. The van der Waals surface area contributed by atoms with Gasteiger partial charge in [-0.25, -0.2) is 0 Å². The van der Waals surface area contributed by atoms with Crippen molar-refractivity contribution in [1.82, 2.24) is 5.32 Å². The van der Waals surface area contributed by atoms with Gasteiger partial charge < -0.3 is 15.4 Å². The SMILES string of the molecule is C[C@@H](Oc1cccc(Cl)c1)C(=O)Nc1ccccc1C(=O)NCc1ccccc1. The Kier molecular flexibility index (Phi) is 6.87. The van der Waals surface area contributed by atoms with Crippen molar-refractivity contribution >= 4 is 29.1 Å². The molecule has 0 aliphatic heterocycles. The first-order valence-corrected chi connectivity index (χ1v) is 9.55. The molecule has 0 heterocycles. The van der Waals surface area contributed by atoms with Crippen LogP contribution in [0.5, 0.6) is 5.75 Å². The van der Waals surface area contributed by atoms with Crippen molar-refractivity contribution in [3.05, 3.63) is 95.0 Å². The van der Waals surface area contributed by atoms with Crippen LogP contribution in [0.15, 0.2) is 78.9 Å². The smallest absolute Gasteiger partial charge is 0.265 e. The van der Waals surface area contributed by atoms with Gasteiger partial charge >= 0.3 is 0 Å². The Bertz CT molecular complexity index is 992. The maximum atomic E-state index is 12.6. The van der Waals surface area contributed by atoms with Crippen LogP contribution >= 0.6 is 11.6 Å².